The second-order valence-corrected chi connectivity index (χ2v) is 5.53. The second-order valence-electron chi connectivity index (χ2n) is 5.53. The summed E-state index contributed by atoms with van der Waals surface area (Å²) in [5, 5.41) is 0. The van der Waals surface area contributed by atoms with E-state index < -0.39 is 0 Å². The van der Waals surface area contributed by atoms with E-state index in [1.165, 1.54) is 5.56 Å². The zero-order chi connectivity index (χ0) is 13.6. The molecule has 0 aromatic heterocycles. The molecule has 0 heterocycles. The zero-order valence-corrected chi connectivity index (χ0v) is 12.2. The van der Waals surface area contributed by atoms with Crippen molar-refractivity contribution in [3.63, 3.8) is 0 Å². The van der Waals surface area contributed by atoms with Crippen LogP contribution in [0.15, 0.2) is 24.3 Å². The maximum atomic E-state index is 5.93. The average molecular weight is 251 g/mol. The molecule has 1 rings (SSSR count). The fourth-order valence-corrected chi connectivity index (χ4v) is 1.52. The number of aryl methyl sites for hydroxylation is 1. The highest BCUT2D eigenvalue weighted by atomic mass is 16.5. The normalized spacial score (nSPS) is 11.9. The van der Waals surface area contributed by atoms with Crippen molar-refractivity contribution in [2.75, 3.05) is 33.9 Å². The van der Waals surface area contributed by atoms with Gasteiger partial charge in [0.1, 0.15) is 11.4 Å². The fourth-order valence-electron chi connectivity index (χ4n) is 1.52. The van der Waals surface area contributed by atoms with Crippen molar-refractivity contribution in [3.8, 4) is 5.75 Å². The third-order valence-electron chi connectivity index (χ3n) is 2.55. The van der Waals surface area contributed by atoms with Gasteiger partial charge in [0.25, 0.3) is 0 Å². The largest absolute Gasteiger partial charge is 0.485 e. The molecule has 0 saturated heterocycles. The first-order valence-corrected chi connectivity index (χ1v) is 6.37. The Bertz CT molecular complexity index is 344. The molecule has 0 atom stereocenters. The van der Waals surface area contributed by atoms with Crippen LogP contribution < -0.4 is 4.74 Å². The quantitative estimate of drug-likeness (QED) is 0.696. The fraction of sp³-hybridized carbons (Fsp3) is 0.600. The Morgan fingerprint density at radius 3 is 2.28 bits per heavy atom. The van der Waals surface area contributed by atoms with Crippen LogP contribution in [0.3, 0.4) is 0 Å². The van der Waals surface area contributed by atoms with Crippen LogP contribution in [0.2, 0.25) is 0 Å². The molecular formula is C15H25NO2. The Kier molecular flexibility index (Phi) is 5.63. The van der Waals surface area contributed by atoms with E-state index in [4.69, 9.17) is 9.47 Å². The number of ether oxygens (including phenoxy) is 2. The molecule has 18 heavy (non-hydrogen) atoms. The molecule has 0 saturated carbocycles. The number of hydrogen-bond donors (Lipinski definition) is 0. The van der Waals surface area contributed by atoms with E-state index in [-0.39, 0.29) is 5.60 Å². The molecule has 1 aromatic rings. The van der Waals surface area contributed by atoms with Gasteiger partial charge in [-0.15, -0.1) is 0 Å². The van der Waals surface area contributed by atoms with E-state index in [0.29, 0.717) is 6.61 Å². The van der Waals surface area contributed by atoms with E-state index in [1.807, 2.05) is 40.1 Å². The van der Waals surface area contributed by atoms with E-state index in [9.17, 15) is 0 Å². The van der Waals surface area contributed by atoms with Crippen LogP contribution in [0, 0.1) is 6.92 Å². The van der Waals surface area contributed by atoms with E-state index >= 15 is 0 Å². The Hall–Kier alpha value is -1.06. The lowest BCUT2D eigenvalue weighted by Gasteiger charge is -2.26. The van der Waals surface area contributed by atoms with Crippen molar-refractivity contribution in [2.45, 2.75) is 26.4 Å². The first-order chi connectivity index (χ1) is 8.39. The molecule has 0 amide bonds. The zero-order valence-electron chi connectivity index (χ0n) is 12.2. The highest BCUT2D eigenvalue weighted by Crippen LogP contribution is 2.19. The maximum Gasteiger partial charge on any atom is 0.127 e. The van der Waals surface area contributed by atoms with Crippen LogP contribution in [-0.2, 0) is 4.74 Å². The third-order valence-corrected chi connectivity index (χ3v) is 2.55. The van der Waals surface area contributed by atoms with Crippen molar-refractivity contribution >= 4 is 0 Å². The summed E-state index contributed by atoms with van der Waals surface area (Å²) in [6, 6.07) is 8.10. The summed E-state index contributed by atoms with van der Waals surface area (Å²) >= 11 is 0. The monoisotopic (exact) mass is 251 g/mol. The first-order valence-electron chi connectivity index (χ1n) is 6.37. The predicted molar refractivity (Wildman–Crippen MR) is 75.3 cm³/mol. The van der Waals surface area contributed by atoms with Crippen LogP contribution in [0.4, 0.5) is 0 Å². The molecule has 0 fully saturated rings. The summed E-state index contributed by atoms with van der Waals surface area (Å²) in [4.78, 5) is 2.10. The number of hydrogen-bond acceptors (Lipinski definition) is 3. The minimum absolute atomic E-state index is 0.304. The second kappa shape index (κ2) is 6.76. The van der Waals surface area contributed by atoms with E-state index in [2.05, 4.69) is 24.0 Å². The van der Waals surface area contributed by atoms with E-state index in [0.717, 1.165) is 18.9 Å². The lowest BCUT2D eigenvalue weighted by molar-refractivity contribution is -0.00666. The summed E-state index contributed by atoms with van der Waals surface area (Å²) < 4.78 is 11.6. The Labute approximate surface area is 111 Å². The van der Waals surface area contributed by atoms with Crippen molar-refractivity contribution in [2.24, 2.45) is 0 Å². The third kappa shape index (κ3) is 6.03. The summed E-state index contributed by atoms with van der Waals surface area (Å²) in [6.07, 6.45) is 0. The van der Waals surface area contributed by atoms with Crippen LogP contribution in [0.5, 0.6) is 5.75 Å². The van der Waals surface area contributed by atoms with Gasteiger partial charge in [0, 0.05) is 6.54 Å². The highest BCUT2D eigenvalue weighted by molar-refractivity contribution is 5.26. The summed E-state index contributed by atoms with van der Waals surface area (Å²) in [6.45, 7) is 8.41. The number of nitrogens with zero attached hydrogens (tertiary/aromatic N) is 1. The Morgan fingerprint density at radius 1 is 1.11 bits per heavy atom. The molecule has 0 N–H and O–H groups in total. The van der Waals surface area contributed by atoms with Gasteiger partial charge in [-0.3, -0.25) is 0 Å². The smallest absolute Gasteiger partial charge is 0.127 e. The molecule has 0 radical (unpaired) electrons. The van der Waals surface area contributed by atoms with Crippen LogP contribution in [0.25, 0.3) is 0 Å². The molecule has 0 bridgehead atoms. The molecule has 102 valence electrons. The minimum atomic E-state index is -0.304. The summed E-state index contributed by atoms with van der Waals surface area (Å²) in [7, 11) is 4.08. The molecule has 0 aliphatic rings. The van der Waals surface area contributed by atoms with Gasteiger partial charge in [-0.25, -0.2) is 0 Å². The molecule has 0 spiro atoms. The van der Waals surface area contributed by atoms with Crippen LogP contribution >= 0.6 is 0 Å². The average Bonchev–Trinajstić information content (AvgIpc) is 2.27. The Morgan fingerprint density at radius 2 is 1.72 bits per heavy atom. The van der Waals surface area contributed by atoms with Crippen molar-refractivity contribution in [1.82, 2.24) is 4.90 Å². The molecule has 0 unspecified atom stereocenters. The molecule has 3 heteroatoms. The van der Waals surface area contributed by atoms with Crippen LogP contribution in [0.1, 0.15) is 19.4 Å². The van der Waals surface area contributed by atoms with Gasteiger partial charge >= 0.3 is 0 Å². The van der Waals surface area contributed by atoms with Gasteiger partial charge in [-0.05, 0) is 47.0 Å². The molecular weight excluding hydrogens is 226 g/mol. The van der Waals surface area contributed by atoms with Crippen molar-refractivity contribution in [1.29, 1.82) is 0 Å². The van der Waals surface area contributed by atoms with Gasteiger partial charge in [0.05, 0.1) is 13.2 Å². The predicted octanol–water partition coefficient (Wildman–Crippen LogP) is 2.73. The topological polar surface area (TPSA) is 21.7 Å². The molecule has 0 aliphatic heterocycles. The van der Waals surface area contributed by atoms with Gasteiger partial charge in [0.2, 0.25) is 0 Å². The van der Waals surface area contributed by atoms with Crippen molar-refractivity contribution < 1.29 is 9.47 Å². The molecule has 0 aliphatic carbocycles. The maximum absolute atomic E-state index is 5.93. The summed E-state index contributed by atoms with van der Waals surface area (Å²) in [5.74, 6) is 0.891. The van der Waals surface area contributed by atoms with Gasteiger partial charge in [-0.1, -0.05) is 17.7 Å². The standard InChI is InChI=1S/C15H25NO2/c1-13-6-8-14(9-7-13)18-15(2,3)12-17-11-10-16(4)5/h6-9H,10-12H2,1-5H3. The lowest BCUT2D eigenvalue weighted by Crippen LogP contribution is -2.35. The van der Waals surface area contributed by atoms with E-state index in [1.54, 1.807) is 0 Å². The molecule has 3 nitrogen and oxygen atoms in total. The first kappa shape index (κ1) is 15.0. The van der Waals surface area contributed by atoms with Crippen molar-refractivity contribution in [3.05, 3.63) is 29.8 Å². The number of rotatable bonds is 7. The number of benzene rings is 1. The Balaban J connectivity index is 2.36. The summed E-state index contributed by atoms with van der Waals surface area (Å²) in [5.41, 5.74) is 0.934. The van der Waals surface area contributed by atoms with Gasteiger partial charge < -0.3 is 14.4 Å². The van der Waals surface area contributed by atoms with Gasteiger partial charge in [-0.2, -0.15) is 0 Å². The lowest BCUT2D eigenvalue weighted by atomic mass is 10.1. The highest BCUT2D eigenvalue weighted by Gasteiger charge is 2.20. The van der Waals surface area contributed by atoms with Gasteiger partial charge in [0.15, 0.2) is 0 Å². The minimum Gasteiger partial charge on any atom is -0.485 e. The SMILES string of the molecule is Cc1ccc(OC(C)(C)COCCN(C)C)cc1. The number of likely N-dealkylation sites (N-methyl/N-ethyl adjacent to an activating group) is 1. The van der Waals surface area contributed by atoms with Crippen LogP contribution in [-0.4, -0.2) is 44.4 Å². The molecule has 1 aromatic carbocycles.